The lowest BCUT2D eigenvalue weighted by Crippen LogP contribution is -2.48. The van der Waals surface area contributed by atoms with Crippen LogP contribution in [0.4, 0.5) is 0 Å². The highest BCUT2D eigenvalue weighted by molar-refractivity contribution is 5.95. The number of carbonyl (C=O) groups is 1. The second-order valence-corrected chi connectivity index (χ2v) is 7.87. The minimum absolute atomic E-state index is 0.0247. The lowest BCUT2D eigenvalue weighted by Gasteiger charge is -2.34. The minimum Gasteiger partial charge on any atom is -0.490 e. The fourth-order valence-electron chi connectivity index (χ4n) is 4.10. The molecule has 0 spiro atoms. The fourth-order valence-corrected chi connectivity index (χ4v) is 4.10. The summed E-state index contributed by atoms with van der Waals surface area (Å²) in [6, 6.07) is 11.6. The minimum atomic E-state index is -0.0247. The SMILES string of the molecule is CCOc1cc(C(=O)N2CCN(Cc3nc4ccccc4[nH]3)CC2)cc(OCC)c1OCC. The molecule has 0 atom stereocenters. The van der Waals surface area contributed by atoms with Crippen LogP contribution in [0.15, 0.2) is 36.4 Å². The van der Waals surface area contributed by atoms with Gasteiger partial charge in [0.15, 0.2) is 11.5 Å². The zero-order valence-electron chi connectivity index (χ0n) is 19.6. The zero-order chi connectivity index (χ0) is 23.2. The number of para-hydroxylation sites is 2. The molecule has 33 heavy (non-hydrogen) atoms. The Balaban J connectivity index is 1.44. The first-order valence-electron chi connectivity index (χ1n) is 11.6. The molecule has 3 aromatic rings. The predicted molar refractivity (Wildman–Crippen MR) is 127 cm³/mol. The van der Waals surface area contributed by atoms with Gasteiger partial charge in [0.1, 0.15) is 5.82 Å². The van der Waals surface area contributed by atoms with Crippen LogP contribution in [0.2, 0.25) is 0 Å². The van der Waals surface area contributed by atoms with Crippen molar-refractivity contribution in [3.63, 3.8) is 0 Å². The molecule has 0 radical (unpaired) electrons. The molecule has 1 aliphatic rings. The number of aromatic amines is 1. The predicted octanol–water partition coefficient (Wildman–Crippen LogP) is 3.72. The molecule has 0 aliphatic carbocycles. The molecular formula is C25H32N4O4. The van der Waals surface area contributed by atoms with Crippen LogP contribution in [0.5, 0.6) is 17.2 Å². The Morgan fingerprint density at radius 2 is 1.58 bits per heavy atom. The number of hydrogen-bond acceptors (Lipinski definition) is 6. The van der Waals surface area contributed by atoms with E-state index in [-0.39, 0.29) is 5.91 Å². The van der Waals surface area contributed by atoms with E-state index in [2.05, 4.69) is 14.9 Å². The van der Waals surface area contributed by atoms with Crippen LogP contribution in [-0.2, 0) is 6.54 Å². The molecule has 1 aliphatic heterocycles. The van der Waals surface area contributed by atoms with Gasteiger partial charge >= 0.3 is 0 Å². The largest absolute Gasteiger partial charge is 0.490 e. The van der Waals surface area contributed by atoms with Crippen molar-refractivity contribution < 1.29 is 19.0 Å². The van der Waals surface area contributed by atoms with E-state index in [4.69, 9.17) is 14.2 Å². The van der Waals surface area contributed by atoms with E-state index < -0.39 is 0 Å². The number of imidazole rings is 1. The maximum atomic E-state index is 13.3. The van der Waals surface area contributed by atoms with Crippen LogP contribution >= 0.6 is 0 Å². The Morgan fingerprint density at radius 3 is 2.18 bits per heavy atom. The molecule has 4 rings (SSSR count). The van der Waals surface area contributed by atoms with Gasteiger partial charge in [-0.2, -0.15) is 0 Å². The van der Waals surface area contributed by atoms with E-state index >= 15 is 0 Å². The number of piperazine rings is 1. The summed E-state index contributed by atoms with van der Waals surface area (Å²) < 4.78 is 17.3. The van der Waals surface area contributed by atoms with Crippen molar-refractivity contribution in [2.75, 3.05) is 46.0 Å². The molecule has 1 N–H and O–H groups in total. The second kappa shape index (κ2) is 10.6. The Morgan fingerprint density at radius 1 is 0.939 bits per heavy atom. The molecule has 8 heteroatoms. The van der Waals surface area contributed by atoms with E-state index in [1.165, 1.54) is 0 Å². The van der Waals surface area contributed by atoms with E-state index in [1.807, 2.05) is 49.9 Å². The maximum Gasteiger partial charge on any atom is 0.254 e. The van der Waals surface area contributed by atoms with Crippen LogP contribution in [0.25, 0.3) is 11.0 Å². The fraction of sp³-hybridized carbons (Fsp3) is 0.440. The van der Waals surface area contributed by atoms with E-state index in [9.17, 15) is 4.79 Å². The molecule has 1 aromatic heterocycles. The first-order chi connectivity index (χ1) is 16.1. The summed E-state index contributed by atoms with van der Waals surface area (Å²) in [5.74, 6) is 2.55. The van der Waals surface area contributed by atoms with E-state index in [0.29, 0.717) is 55.7 Å². The first-order valence-corrected chi connectivity index (χ1v) is 11.6. The highest BCUT2D eigenvalue weighted by Gasteiger charge is 2.25. The summed E-state index contributed by atoms with van der Waals surface area (Å²) in [5, 5.41) is 0. The van der Waals surface area contributed by atoms with Crippen LogP contribution in [0, 0.1) is 0 Å². The number of carbonyl (C=O) groups excluding carboxylic acids is 1. The average Bonchev–Trinajstić information content (AvgIpc) is 3.23. The Kier molecular flexibility index (Phi) is 7.34. The lowest BCUT2D eigenvalue weighted by molar-refractivity contribution is 0.0625. The molecular weight excluding hydrogens is 420 g/mol. The smallest absolute Gasteiger partial charge is 0.254 e. The number of amides is 1. The standard InChI is InChI=1S/C25H32N4O4/c1-4-31-21-15-18(16-22(32-5-2)24(21)33-6-3)25(30)29-13-11-28(12-14-29)17-23-26-19-9-7-8-10-20(19)27-23/h7-10,15-16H,4-6,11-14,17H2,1-3H3,(H,26,27). The number of nitrogens with one attached hydrogen (secondary N) is 1. The van der Waals surface area contributed by atoms with Gasteiger partial charge in [-0.25, -0.2) is 4.98 Å². The third-order valence-corrected chi connectivity index (χ3v) is 5.63. The topological polar surface area (TPSA) is 79.9 Å². The molecule has 2 aromatic carbocycles. The third-order valence-electron chi connectivity index (χ3n) is 5.63. The molecule has 8 nitrogen and oxygen atoms in total. The summed E-state index contributed by atoms with van der Waals surface area (Å²) in [6.45, 7) is 10.8. The normalized spacial score (nSPS) is 14.5. The molecule has 2 heterocycles. The summed E-state index contributed by atoms with van der Waals surface area (Å²) in [4.78, 5) is 25.6. The van der Waals surface area contributed by atoms with Crippen molar-refractivity contribution in [3.8, 4) is 17.2 Å². The van der Waals surface area contributed by atoms with E-state index in [0.717, 1.165) is 36.5 Å². The van der Waals surface area contributed by atoms with Gasteiger partial charge in [-0.1, -0.05) is 12.1 Å². The van der Waals surface area contributed by atoms with Crippen LogP contribution in [0.1, 0.15) is 37.0 Å². The molecule has 0 bridgehead atoms. The summed E-state index contributed by atoms with van der Waals surface area (Å²) in [6.07, 6.45) is 0. The Hall–Kier alpha value is -3.26. The molecule has 0 unspecified atom stereocenters. The van der Waals surface area contributed by atoms with Gasteiger partial charge in [0.05, 0.1) is 37.4 Å². The molecule has 1 amide bonds. The summed E-state index contributed by atoms with van der Waals surface area (Å²) in [7, 11) is 0. The highest BCUT2D eigenvalue weighted by atomic mass is 16.5. The second-order valence-electron chi connectivity index (χ2n) is 7.87. The zero-order valence-corrected chi connectivity index (χ0v) is 19.6. The summed E-state index contributed by atoms with van der Waals surface area (Å²) >= 11 is 0. The first kappa shape index (κ1) is 22.9. The third kappa shape index (κ3) is 5.22. The maximum absolute atomic E-state index is 13.3. The number of aromatic nitrogens is 2. The monoisotopic (exact) mass is 452 g/mol. The van der Waals surface area contributed by atoms with Gasteiger partial charge < -0.3 is 24.1 Å². The number of ether oxygens (including phenoxy) is 3. The average molecular weight is 453 g/mol. The van der Waals surface area contributed by atoms with Gasteiger partial charge in [-0.05, 0) is 45.0 Å². The van der Waals surface area contributed by atoms with Crippen molar-refractivity contribution in [1.29, 1.82) is 0 Å². The van der Waals surface area contributed by atoms with E-state index in [1.54, 1.807) is 12.1 Å². The van der Waals surface area contributed by atoms with Gasteiger partial charge in [0.2, 0.25) is 5.75 Å². The number of rotatable bonds is 9. The summed E-state index contributed by atoms with van der Waals surface area (Å²) in [5.41, 5.74) is 2.58. The number of H-pyrrole nitrogens is 1. The lowest BCUT2D eigenvalue weighted by atomic mass is 10.1. The van der Waals surface area contributed by atoms with Gasteiger partial charge in [0, 0.05) is 31.7 Å². The van der Waals surface area contributed by atoms with Crippen molar-refractivity contribution in [2.45, 2.75) is 27.3 Å². The molecule has 1 fully saturated rings. The van der Waals surface area contributed by atoms with Crippen LogP contribution in [-0.4, -0.2) is 71.7 Å². The van der Waals surface area contributed by atoms with Gasteiger partial charge in [0.25, 0.3) is 5.91 Å². The van der Waals surface area contributed by atoms with Crippen molar-refractivity contribution in [3.05, 3.63) is 47.8 Å². The number of hydrogen-bond donors (Lipinski definition) is 1. The number of nitrogens with zero attached hydrogens (tertiary/aromatic N) is 3. The molecule has 1 saturated heterocycles. The van der Waals surface area contributed by atoms with Gasteiger partial charge in [-0.3, -0.25) is 9.69 Å². The van der Waals surface area contributed by atoms with Crippen molar-refractivity contribution >= 4 is 16.9 Å². The Labute approximate surface area is 194 Å². The Bertz CT molecular complexity index is 1030. The van der Waals surface area contributed by atoms with Crippen molar-refractivity contribution in [2.24, 2.45) is 0 Å². The van der Waals surface area contributed by atoms with Crippen LogP contribution < -0.4 is 14.2 Å². The molecule has 176 valence electrons. The van der Waals surface area contributed by atoms with Gasteiger partial charge in [-0.15, -0.1) is 0 Å². The molecule has 0 saturated carbocycles. The number of fused-ring (bicyclic) bond motifs is 1. The number of benzene rings is 2. The van der Waals surface area contributed by atoms with Crippen LogP contribution in [0.3, 0.4) is 0 Å². The highest BCUT2D eigenvalue weighted by Crippen LogP contribution is 2.39. The van der Waals surface area contributed by atoms with Crippen molar-refractivity contribution in [1.82, 2.24) is 19.8 Å². The quantitative estimate of drug-likeness (QED) is 0.533.